The van der Waals surface area contributed by atoms with Crippen LogP contribution in [0.5, 0.6) is 0 Å². The second-order valence-electron chi connectivity index (χ2n) is 8.53. The molecule has 0 aliphatic carbocycles. The van der Waals surface area contributed by atoms with E-state index in [-0.39, 0.29) is 5.91 Å². The Morgan fingerprint density at radius 1 is 1.06 bits per heavy atom. The first-order valence-corrected chi connectivity index (χ1v) is 12.7. The Hall–Kier alpha value is -2.77. The van der Waals surface area contributed by atoms with Gasteiger partial charge in [-0.2, -0.15) is 0 Å². The molecule has 1 atom stereocenters. The van der Waals surface area contributed by atoms with Gasteiger partial charge in [-0.25, -0.2) is 0 Å². The number of furan rings is 1. The number of fused-ring (bicyclic) bond motifs is 3. The molecule has 5 nitrogen and oxygen atoms in total. The fourth-order valence-electron chi connectivity index (χ4n) is 4.63. The first kappa shape index (κ1) is 21.7. The lowest BCUT2D eigenvalue weighted by Gasteiger charge is -2.28. The van der Waals surface area contributed by atoms with Crippen LogP contribution in [0.15, 0.2) is 65.1 Å². The van der Waals surface area contributed by atoms with E-state index in [1.54, 1.807) is 23.5 Å². The van der Waals surface area contributed by atoms with Crippen molar-refractivity contribution in [2.24, 2.45) is 0 Å². The lowest BCUT2D eigenvalue weighted by molar-refractivity contribution is 0.0930. The molecule has 172 valence electrons. The summed E-state index contributed by atoms with van der Waals surface area (Å²) in [4.78, 5) is 16.8. The molecule has 2 aromatic heterocycles. The van der Waals surface area contributed by atoms with Gasteiger partial charge in [0.2, 0.25) is 0 Å². The predicted octanol–water partition coefficient (Wildman–Crippen LogP) is 6.73. The van der Waals surface area contributed by atoms with E-state index in [4.69, 9.17) is 27.6 Å². The zero-order valence-corrected chi connectivity index (χ0v) is 20.4. The van der Waals surface area contributed by atoms with E-state index in [0.717, 1.165) is 42.2 Å². The third-order valence-electron chi connectivity index (χ3n) is 6.27. The molecule has 0 bridgehead atoms. The number of benzene rings is 2. The minimum Gasteiger partial charge on any atom is -0.457 e. The average Bonchev–Trinajstić information content (AvgIpc) is 3.44. The second kappa shape index (κ2) is 8.78. The molecule has 2 aliphatic heterocycles. The van der Waals surface area contributed by atoms with Crippen LogP contribution in [0.2, 0.25) is 10.0 Å². The first-order valence-electron chi connectivity index (χ1n) is 11.1. The molecule has 0 spiro atoms. The van der Waals surface area contributed by atoms with Crippen molar-refractivity contribution >= 4 is 45.4 Å². The van der Waals surface area contributed by atoms with Gasteiger partial charge in [0.1, 0.15) is 16.5 Å². The zero-order chi connectivity index (χ0) is 23.2. The molecule has 6 rings (SSSR count). The van der Waals surface area contributed by atoms with E-state index < -0.39 is 6.17 Å². The van der Waals surface area contributed by atoms with Crippen LogP contribution in [0.1, 0.15) is 38.3 Å². The number of anilines is 1. The Balaban J connectivity index is 1.22. The van der Waals surface area contributed by atoms with Crippen LogP contribution in [-0.2, 0) is 19.5 Å². The second-order valence-corrected chi connectivity index (χ2v) is 10.5. The third-order valence-corrected chi connectivity index (χ3v) is 7.97. The molecule has 0 unspecified atom stereocenters. The Kier molecular flexibility index (Phi) is 5.62. The molecule has 34 heavy (non-hydrogen) atoms. The van der Waals surface area contributed by atoms with Crippen molar-refractivity contribution in [3.8, 4) is 11.3 Å². The number of amides is 1. The maximum atomic E-state index is 13.1. The summed E-state index contributed by atoms with van der Waals surface area (Å²) in [6.45, 7) is 2.69. The lowest BCUT2D eigenvalue weighted by atomic mass is 10.0. The van der Waals surface area contributed by atoms with E-state index in [0.29, 0.717) is 21.6 Å². The van der Waals surface area contributed by atoms with Crippen molar-refractivity contribution in [2.75, 3.05) is 11.9 Å². The van der Waals surface area contributed by atoms with Gasteiger partial charge in [-0.3, -0.25) is 9.69 Å². The quantitative estimate of drug-likeness (QED) is 0.320. The molecule has 0 saturated carbocycles. The molecule has 0 saturated heterocycles. The minimum atomic E-state index is -0.444. The number of nitrogens with one attached hydrogen (secondary N) is 2. The summed E-state index contributed by atoms with van der Waals surface area (Å²) < 4.78 is 6.07. The maximum Gasteiger partial charge on any atom is 0.256 e. The van der Waals surface area contributed by atoms with Gasteiger partial charge in [-0.05, 0) is 47.9 Å². The van der Waals surface area contributed by atoms with Gasteiger partial charge in [-0.15, -0.1) is 11.3 Å². The molecular formula is C26H21Cl2N3O2S. The minimum absolute atomic E-state index is 0.0600. The number of hydrogen-bond acceptors (Lipinski definition) is 5. The topological polar surface area (TPSA) is 57.5 Å². The number of rotatable bonds is 4. The Morgan fingerprint density at radius 3 is 2.74 bits per heavy atom. The van der Waals surface area contributed by atoms with Crippen LogP contribution >= 0.6 is 34.5 Å². The number of halogens is 2. The smallest absolute Gasteiger partial charge is 0.256 e. The largest absolute Gasteiger partial charge is 0.457 e. The van der Waals surface area contributed by atoms with Crippen LogP contribution in [0.4, 0.5) is 5.00 Å². The van der Waals surface area contributed by atoms with Gasteiger partial charge in [-0.1, -0.05) is 53.5 Å². The van der Waals surface area contributed by atoms with Gasteiger partial charge < -0.3 is 15.1 Å². The summed E-state index contributed by atoms with van der Waals surface area (Å²) in [7, 11) is 0. The van der Waals surface area contributed by atoms with E-state index in [9.17, 15) is 4.79 Å². The first-order chi connectivity index (χ1) is 16.5. The molecule has 0 radical (unpaired) electrons. The van der Waals surface area contributed by atoms with Gasteiger partial charge in [0.25, 0.3) is 5.91 Å². The predicted molar refractivity (Wildman–Crippen MR) is 137 cm³/mol. The van der Waals surface area contributed by atoms with Gasteiger partial charge in [0.05, 0.1) is 10.6 Å². The highest BCUT2D eigenvalue weighted by Crippen LogP contribution is 2.41. The molecule has 8 heteroatoms. The number of nitrogens with zero attached hydrogens (tertiary/aromatic N) is 1. The van der Waals surface area contributed by atoms with E-state index >= 15 is 0 Å². The zero-order valence-electron chi connectivity index (χ0n) is 18.1. The Labute approximate surface area is 211 Å². The highest BCUT2D eigenvalue weighted by atomic mass is 35.5. The maximum absolute atomic E-state index is 13.1. The summed E-state index contributed by atoms with van der Waals surface area (Å²) in [5, 5.41) is 8.52. The van der Waals surface area contributed by atoms with Crippen LogP contribution in [-0.4, -0.2) is 17.4 Å². The fraction of sp³-hybridized carbons (Fsp3) is 0.192. The SMILES string of the molecule is O=C1N[C@H](c2ccc(-c3ccc(Cl)cc3Cl)o2)Nc2sc3c(c21)CCN(Cc1ccccc1)C3. The molecule has 4 heterocycles. The van der Waals surface area contributed by atoms with Crippen LogP contribution in [0, 0.1) is 0 Å². The summed E-state index contributed by atoms with van der Waals surface area (Å²) in [6, 6.07) is 19.5. The number of thiophene rings is 1. The van der Waals surface area contributed by atoms with Crippen molar-refractivity contribution in [1.29, 1.82) is 0 Å². The van der Waals surface area contributed by atoms with Crippen LogP contribution in [0.25, 0.3) is 11.3 Å². The molecule has 4 aromatic rings. The van der Waals surface area contributed by atoms with E-state index in [1.807, 2.05) is 24.3 Å². The van der Waals surface area contributed by atoms with Crippen molar-refractivity contribution in [3.05, 3.63) is 98.0 Å². The fourth-order valence-corrected chi connectivity index (χ4v) is 6.45. The molecule has 1 amide bonds. The third kappa shape index (κ3) is 4.01. The van der Waals surface area contributed by atoms with E-state index in [1.165, 1.54) is 16.0 Å². The molecule has 0 fully saturated rings. The number of carbonyl (C=O) groups is 1. The van der Waals surface area contributed by atoms with Crippen LogP contribution < -0.4 is 10.6 Å². The highest BCUT2D eigenvalue weighted by Gasteiger charge is 2.34. The van der Waals surface area contributed by atoms with Crippen molar-refractivity contribution in [1.82, 2.24) is 10.2 Å². The summed E-state index contributed by atoms with van der Waals surface area (Å²) in [5.74, 6) is 1.19. The molecule has 2 aliphatic rings. The van der Waals surface area contributed by atoms with Crippen molar-refractivity contribution < 1.29 is 9.21 Å². The molecular weight excluding hydrogens is 489 g/mol. The summed E-state index contributed by atoms with van der Waals surface area (Å²) in [5.41, 5.74) is 4.01. The van der Waals surface area contributed by atoms with Crippen molar-refractivity contribution in [3.63, 3.8) is 0 Å². The average molecular weight is 510 g/mol. The number of hydrogen-bond donors (Lipinski definition) is 2. The van der Waals surface area contributed by atoms with Gasteiger partial charge >= 0.3 is 0 Å². The Bertz CT molecular complexity index is 1380. The highest BCUT2D eigenvalue weighted by molar-refractivity contribution is 7.16. The molecule has 2 N–H and O–H groups in total. The van der Waals surface area contributed by atoms with Crippen molar-refractivity contribution in [2.45, 2.75) is 25.7 Å². The summed E-state index contributed by atoms with van der Waals surface area (Å²) >= 11 is 14.0. The molecule has 2 aromatic carbocycles. The summed E-state index contributed by atoms with van der Waals surface area (Å²) in [6.07, 6.45) is 0.425. The van der Waals surface area contributed by atoms with Gasteiger partial charge in [0.15, 0.2) is 6.17 Å². The number of carbonyl (C=O) groups excluding carboxylic acids is 1. The van der Waals surface area contributed by atoms with Gasteiger partial charge in [0, 0.05) is 35.1 Å². The lowest BCUT2D eigenvalue weighted by Crippen LogP contribution is -2.38. The van der Waals surface area contributed by atoms with E-state index in [2.05, 4.69) is 39.8 Å². The Morgan fingerprint density at radius 2 is 1.91 bits per heavy atom. The normalized spacial score (nSPS) is 17.6. The standard InChI is InChI=1S/C26H21Cl2N3O2S/c27-16-6-7-17(19(28)12-16)20-8-9-21(33-20)24-29-25(32)23-18-10-11-31(13-15-4-2-1-3-5-15)14-22(18)34-26(23)30-24/h1-9,12,24,30H,10-11,13-14H2,(H,29,32)/t24-/m0/s1. The monoisotopic (exact) mass is 509 g/mol. The van der Waals surface area contributed by atoms with Crippen LogP contribution in [0.3, 0.4) is 0 Å².